The van der Waals surface area contributed by atoms with Crippen molar-refractivity contribution in [1.82, 2.24) is 20.0 Å². The predicted molar refractivity (Wildman–Crippen MR) is 120 cm³/mol. The molecule has 1 aromatic heterocycles. The van der Waals surface area contributed by atoms with Crippen LogP contribution in [-0.2, 0) is 11.3 Å². The average molecular weight is 465 g/mol. The zero-order valence-corrected chi connectivity index (χ0v) is 19.7. The van der Waals surface area contributed by atoms with E-state index >= 15 is 0 Å². The van der Waals surface area contributed by atoms with Crippen molar-refractivity contribution in [3.8, 4) is 0 Å². The first-order valence-corrected chi connectivity index (χ1v) is 11.1. The van der Waals surface area contributed by atoms with Gasteiger partial charge in [-0.05, 0) is 64.2 Å². The molecule has 0 spiro atoms. The van der Waals surface area contributed by atoms with Gasteiger partial charge in [0.1, 0.15) is 16.6 Å². The first-order valence-electron chi connectivity index (χ1n) is 10.8. The van der Waals surface area contributed by atoms with Gasteiger partial charge in [0.05, 0.1) is 17.8 Å². The standard InChI is InChI=1S/C23H30ClFN4O3/c1-15-19(20(24)29(27-15)14-16-7-9-18(25)10-8-16)21(30)26-12-17-6-5-11-28(13-17)22(31)32-23(2,3)4/h7-10,17H,5-6,11-14H2,1-4H3,(H,26,30). The number of amides is 2. The summed E-state index contributed by atoms with van der Waals surface area (Å²) in [4.78, 5) is 26.9. The molecular weight excluding hydrogens is 435 g/mol. The Morgan fingerprint density at radius 2 is 1.97 bits per heavy atom. The highest BCUT2D eigenvalue weighted by Crippen LogP contribution is 2.22. The molecule has 0 aliphatic carbocycles. The van der Waals surface area contributed by atoms with Crippen LogP contribution in [0.4, 0.5) is 9.18 Å². The largest absolute Gasteiger partial charge is 0.444 e. The van der Waals surface area contributed by atoms with E-state index in [2.05, 4.69) is 10.4 Å². The summed E-state index contributed by atoms with van der Waals surface area (Å²) < 4.78 is 20.1. The molecule has 9 heteroatoms. The number of likely N-dealkylation sites (tertiary alicyclic amines) is 1. The molecule has 1 aliphatic rings. The first kappa shape index (κ1) is 24.0. The summed E-state index contributed by atoms with van der Waals surface area (Å²) in [6, 6.07) is 6.06. The molecule has 1 aromatic carbocycles. The van der Waals surface area contributed by atoms with Gasteiger partial charge in [-0.25, -0.2) is 13.9 Å². The topological polar surface area (TPSA) is 76.5 Å². The van der Waals surface area contributed by atoms with Crippen LogP contribution in [0, 0.1) is 18.7 Å². The molecule has 1 atom stereocenters. The number of hydrogen-bond acceptors (Lipinski definition) is 4. The van der Waals surface area contributed by atoms with Crippen molar-refractivity contribution >= 4 is 23.6 Å². The molecule has 2 aromatic rings. The lowest BCUT2D eigenvalue weighted by molar-refractivity contribution is 0.0167. The number of nitrogens with one attached hydrogen (secondary N) is 1. The average Bonchev–Trinajstić information content (AvgIpc) is 3.00. The van der Waals surface area contributed by atoms with Gasteiger partial charge in [-0.15, -0.1) is 0 Å². The van der Waals surface area contributed by atoms with Crippen LogP contribution in [0.25, 0.3) is 0 Å². The third kappa shape index (κ3) is 6.22. The molecule has 1 fully saturated rings. The maximum atomic E-state index is 13.1. The number of rotatable bonds is 5. The number of benzene rings is 1. The predicted octanol–water partition coefficient (Wildman–Crippen LogP) is 4.41. The van der Waals surface area contributed by atoms with Crippen molar-refractivity contribution in [1.29, 1.82) is 0 Å². The van der Waals surface area contributed by atoms with E-state index in [0.717, 1.165) is 18.4 Å². The molecule has 32 heavy (non-hydrogen) atoms. The van der Waals surface area contributed by atoms with Crippen LogP contribution < -0.4 is 5.32 Å². The van der Waals surface area contributed by atoms with Gasteiger partial charge in [-0.3, -0.25) is 4.79 Å². The Hall–Kier alpha value is -2.61. The second-order valence-electron chi connectivity index (χ2n) is 9.18. The molecule has 174 valence electrons. The molecule has 3 rings (SSSR count). The minimum Gasteiger partial charge on any atom is -0.444 e. The van der Waals surface area contributed by atoms with Crippen LogP contribution in [-0.4, -0.2) is 51.9 Å². The molecule has 0 bridgehead atoms. The normalized spacial score (nSPS) is 16.7. The Kier molecular flexibility index (Phi) is 7.44. The van der Waals surface area contributed by atoms with Crippen LogP contribution in [0.15, 0.2) is 24.3 Å². The zero-order valence-electron chi connectivity index (χ0n) is 19.0. The fourth-order valence-corrected chi connectivity index (χ4v) is 4.05. The minimum atomic E-state index is -0.541. The third-order valence-corrected chi connectivity index (χ3v) is 5.64. The molecule has 0 saturated carbocycles. The maximum absolute atomic E-state index is 13.1. The summed E-state index contributed by atoms with van der Waals surface area (Å²) in [6.45, 7) is 9.20. The molecule has 1 unspecified atom stereocenters. The molecule has 0 radical (unpaired) electrons. The van der Waals surface area contributed by atoms with Crippen molar-refractivity contribution < 1.29 is 18.7 Å². The second kappa shape index (κ2) is 9.90. The highest BCUT2D eigenvalue weighted by Gasteiger charge is 2.28. The quantitative estimate of drug-likeness (QED) is 0.711. The Morgan fingerprint density at radius 3 is 2.62 bits per heavy atom. The van der Waals surface area contributed by atoms with Gasteiger partial charge in [0.2, 0.25) is 0 Å². The number of nitrogens with zero attached hydrogens (tertiary/aromatic N) is 3. The molecule has 7 nitrogen and oxygen atoms in total. The van der Waals surface area contributed by atoms with E-state index in [1.807, 2.05) is 20.8 Å². The van der Waals surface area contributed by atoms with Crippen LogP contribution in [0.2, 0.25) is 5.15 Å². The van der Waals surface area contributed by atoms with Crippen molar-refractivity contribution in [2.75, 3.05) is 19.6 Å². The van der Waals surface area contributed by atoms with E-state index in [-0.39, 0.29) is 28.9 Å². The van der Waals surface area contributed by atoms with E-state index < -0.39 is 5.60 Å². The summed E-state index contributed by atoms with van der Waals surface area (Å²) >= 11 is 6.45. The SMILES string of the molecule is Cc1nn(Cc2ccc(F)cc2)c(Cl)c1C(=O)NCC1CCCN(C(=O)OC(C)(C)C)C1. The third-order valence-electron chi connectivity index (χ3n) is 5.26. The lowest BCUT2D eigenvalue weighted by atomic mass is 9.98. The van der Waals surface area contributed by atoms with Crippen LogP contribution >= 0.6 is 11.6 Å². The Balaban J connectivity index is 1.59. The van der Waals surface area contributed by atoms with Crippen molar-refractivity contribution in [2.45, 2.75) is 52.7 Å². The Morgan fingerprint density at radius 1 is 1.28 bits per heavy atom. The number of carbonyl (C=O) groups excluding carboxylic acids is 2. The van der Waals surface area contributed by atoms with E-state index in [0.29, 0.717) is 37.4 Å². The number of hydrogen-bond donors (Lipinski definition) is 1. The van der Waals surface area contributed by atoms with Crippen LogP contribution in [0.1, 0.15) is 55.2 Å². The molecule has 1 aliphatic heterocycles. The first-order chi connectivity index (χ1) is 15.0. The molecule has 1 saturated heterocycles. The Labute approximate surface area is 192 Å². The molecule has 1 N–H and O–H groups in total. The fraction of sp³-hybridized carbons (Fsp3) is 0.522. The lowest BCUT2D eigenvalue weighted by Crippen LogP contribution is -2.45. The van der Waals surface area contributed by atoms with Crippen LogP contribution in [0.3, 0.4) is 0 Å². The minimum absolute atomic E-state index is 0.133. The van der Waals surface area contributed by atoms with Gasteiger partial charge in [-0.2, -0.15) is 5.10 Å². The van der Waals surface area contributed by atoms with Gasteiger partial charge in [0.25, 0.3) is 5.91 Å². The summed E-state index contributed by atoms with van der Waals surface area (Å²) in [7, 11) is 0. The monoisotopic (exact) mass is 464 g/mol. The number of piperidine rings is 1. The number of halogens is 2. The van der Waals surface area contributed by atoms with Crippen molar-refractivity contribution in [3.05, 3.63) is 52.1 Å². The summed E-state index contributed by atoms with van der Waals surface area (Å²) in [5, 5.41) is 7.55. The van der Waals surface area contributed by atoms with Gasteiger partial charge in [0.15, 0.2) is 0 Å². The highest BCUT2D eigenvalue weighted by molar-refractivity contribution is 6.33. The summed E-state index contributed by atoms with van der Waals surface area (Å²) in [5.74, 6) is -0.481. The number of ether oxygens (including phenoxy) is 1. The van der Waals surface area contributed by atoms with E-state index in [1.54, 1.807) is 24.0 Å². The van der Waals surface area contributed by atoms with Crippen molar-refractivity contribution in [2.24, 2.45) is 5.92 Å². The maximum Gasteiger partial charge on any atom is 0.410 e. The van der Waals surface area contributed by atoms with Gasteiger partial charge < -0.3 is 15.0 Å². The lowest BCUT2D eigenvalue weighted by Gasteiger charge is -2.34. The summed E-state index contributed by atoms with van der Waals surface area (Å²) in [5.41, 5.74) is 1.13. The summed E-state index contributed by atoms with van der Waals surface area (Å²) in [6.07, 6.45) is 1.44. The van der Waals surface area contributed by atoms with E-state index in [4.69, 9.17) is 16.3 Å². The smallest absolute Gasteiger partial charge is 0.410 e. The number of carbonyl (C=O) groups is 2. The molecule has 2 amide bonds. The molecule has 2 heterocycles. The van der Waals surface area contributed by atoms with Gasteiger partial charge >= 0.3 is 6.09 Å². The van der Waals surface area contributed by atoms with Gasteiger partial charge in [-0.1, -0.05) is 23.7 Å². The highest BCUT2D eigenvalue weighted by atomic mass is 35.5. The van der Waals surface area contributed by atoms with E-state index in [1.165, 1.54) is 16.8 Å². The number of aromatic nitrogens is 2. The zero-order chi connectivity index (χ0) is 23.5. The molecular formula is C23H30ClFN4O3. The second-order valence-corrected chi connectivity index (χ2v) is 9.54. The Bertz CT molecular complexity index is 969. The fourth-order valence-electron chi connectivity index (χ4n) is 3.73. The van der Waals surface area contributed by atoms with E-state index in [9.17, 15) is 14.0 Å². The van der Waals surface area contributed by atoms with Gasteiger partial charge in [0, 0.05) is 19.6 Å². The number of aryl methyl sites for hydroxylation is 1. The van der Waals surface area contributed by atoms with Crippen molar-refractivity contribution in [3.63, 3.8) is 0 Å². The van der Waals surface area contributed by atoms with Crippen LogP contribution in [0.5, 0.6) is 0 Å².